The Hall–Kier alpha value is -1.49. The number of carboxylic acid groups (broad SMARTS) is 1. The number of aliphatic hydroxyl groups excluding tert-OH is 1. The second-order valence-corrected chi connectivity index (χ2v) is 7.74. The minimum absolute atomic E-state index is 0.0784. The molecule has 0 radical (unpaired) electrons. The first-order valence-electron chi connectivity index (χ1n) is 10.5. The number of allylic oxidation sites excluding steroid dienone is 2. The summed E-state index contributed by atoms with van der Waals surface area (Å²) in [5, 5.41) is 18.8. The smallest absolute Gasteiger partial charge is 0.303 e. The van der Waals surface area contributed by atoms with Crippen LogP contribution in [-0.4, -0.2) is 33.9 Å². The lowest BCUT2D eigenvalue weighted by Crippen LogP contribution is -2.21. The number of ketones is 2. The van der Waals surface area contributed by atoms with Crippen molar-refractivity contribution in [2.24, 2.45) is 11.8 Å². The van der Waals surface area contributed by atoms with Crippen LogP contribution < -0.4 is 0 Å². The van der Waals surface area contributed by atoms with Crippen molar-refractivity contribution in [1.29, 1.82) is 0 Å². The Kier molecular flexibility index (Phi) is 11.9. The van der Waals surface area contributed by atoms with Crippen LogP contribution in [0, 0.1) is 11.8 Å². The second-order valence-electron chi connectivity index (χ2n) is 7.74. The van der Waals surface area contributed by atoms with Crippen molar-refractivity contribution in [3.63, 3.8) is 0 Å². The van der Waals surface area contributed by atoms with Gasteiger partial charge >= 0.3 is 5.97 Å². The maximum Gasteiger partial charge on any atom is 0.303 e. The monoisotopic (exact) mass is 380 g/mol. The highest BCUT2D eigenvalue weighted by Crippen LogP contribution is 2.35. The number of rotatable bonds is 15. The predicted molar refractivity (Wildman–Crippen MR) is 105 cm³/mol. The zero-order chi connectivity index (χ0) is 20.1. The summed E-state index contributed by atoms with van der Waals surface area (Å²) in [5.74, 6) is -0.832. The van der Waals surface area contributed by atoms with Crippen LogP contribution in [0.5, 0.6) is 0 Å². The molecule has 27 heavy (non-hydrogen) atoms. The maximum atomic E-state index is 12.2. The first-order valence-corrected chi connectivity index (χ1v) is 10.5. The molecule has 0 saturated heterocycles. The maximum absolute atomic E-state index is 12.2. The molecule has 2 N–H and O–H groups in total. The highest BCUT2D eigenvalue weighted by molar-refractivity contribution is 5.84. The lowest BCUT2D eigenvalue weighted by molar-refractivity contribution is -0.137. The number of aliphatic carboxylic acids is 1. The number of Topliss-reactive ketones (excluding diaryl/α,β-unsaturated/α-hetero) is 2. The minimum atomic E-state index is -0.799. The number of aliphatic hydroxyl groups is 1. The summed E-state index contributed by atoms with van der Waals surface area (Å²) in [4.78, 5) is 34.7. The summed E-state index contributed by atoms with van der Waals surface area (Å²) in [5.41, 5.74) is 0. The summed E-state index contributed by atoms with van der Waals surface area (Å²) in [6, 6.07) is 0. The summed E-state index contributed by atoms with van der Waals surface area (Å²) in [7, 11) is 0. The Morgan fingerprint density at radius 2 is 1.78 bits per heavy atom. The normalized spacial score (nSPS) is 22.6. The van der Waals surface area contributed by atoms with Crippen molar-refractivity contribution >= 4 is 17.5 Å². The molecule has 0 amide bonds. The van der Waals surface area contributed by atoms with Crippen LogP contribution in [0.15, 0.2) is 12.2 Å². The van der Waals surface area contributed by atoms with Crippen LogP contribution in [0.3, 0.4) is 0 Å². The molecule has 1 aliphatic rings. The molecule has 0 bridgehead atoms. The molecular formula is C22H36O5. The number of carbonyl (C=O) groups is 3. The van der Waals surface area contributed by atoms with E-state index in [1.54, 1.807) is 0 Å². The van der Waals surface area contributed by atoms with E-state index in [1.807, 2.05) is 12.2 Å². The number of hydrogen-bond donors (Lipinski definition) is 2. The molecule has 0 spiro atoms. The van der Waals surface area contributed by atoms with Crippen molar-refractivity contribution in [2.75, 3.05) is 0 Å². The molecule has 3 atom stereocenters. The van der Waals surface area contributed by atoms with Gasteiger partial charge in [-0.15, -0.1) is 0 Å². The van der Waals surface area contributed by atoms with Gasteiger partial charge in [0.1, 0.15) is 11.6 Å². The Morgan fingerprint density at radius 3 is 2.48 bits per heavy atom. The van der Waals surface area contributed by atoms with Gasteiger partial charge in [-0.1, -0.05) is 44.8 Å². The fourth-order valence-corrected chi connectivity index (χ4v) is 3.83. The van der Waals surface area contributed by atoms with Crippen molar-refractivity contribution in [3.05, 3.63) is 12.2 Å². The van der Waals surface area contributed by atoms with E-state index in [0.717, 1.165) is 12.8 Å². The molecule has 5 heteroatoms. The molecule has 0 aromatic carbocycles. The molecule has 0 aromatic heterocycles. The van der Waals surface area contributed by atoms with E-state index in [4.69, 9.17) is 5.11 Å². The van der Waals surface area contributed by atoms with Gasteiger partial charge in [0.2, 0.25) is 0 Å². The van der Waals surface area contributed by atoms with E-state index in [-0.39, 0.29) is 36.2 Å². The fraction of sp³-hybridized carbons (Fsp3) is 0.773. The van der Waals surface area contributed by atoms with E-state index >= 15 is 0 Å². The van der Waals surface area contributed by atoms with Crippen LogP contribution >= 0.6 is 0 Å². The zero-order valence-corrected chi connectivity index (χ0v) is 16.7. The summed E-state index contributed by atoms with van der Waals surface area (Å²) >= 11 is 0. The van der Waals surface area contributed by atoms with Gasteiger partial charge in [0, 0.05) is 31.6 Å². The van der Waals surface area contributed by atoms with Gasteiger partial charge in [-0.2, -0.15) is 0 Å². The summed E-state index contributed by atoms with van der Waals surface area (Å²) in [6.45, 7) is 2.17. The highest BCUT2D eigenvalue weighted by atomic mass is 16.4. The van der Waals surface area contributed by atoms with Gasteiger partial charge in [-0.05, 0) is 38.0 Å². The van der Waals surface area contributed by atoms with Crippen LogP contribution in [0.25, 0.3) is 0 Å². The van der Waals surface area contributed by atoms with Gasteiger partial charge in [-0.25, -0.2) is 0 Å². The quantitative estimate of drug-likeness (QED) is 0.323. The SMILES string of the molecule is CCCCCCCC(=O)CC[C@H]1[C@H](O)CC(=O)[C@@H]1C/C=C\CCCC(=O)O. The Labute approximate surface area is 163 Å². The van der Waals surface area contributed by atoms with Crippen molar-refractivity contribution in [1.82, 2.24) is 0 Å². The first kappa shape index (κ1) is 23.5. The lowest BCUT2D eigenvalue weighted by Gasteiger charge is -2.19. The predicted octanol–water partition coefficient (Wildman–Crippen LogP) is 4.46. The van der Waals surface area contributed by atoms with Gasteiger partial charge in [-0.3, -0.25) is 14.4 Å². The van der Waals surface area contributed by atoms with Crippen LogP contribution in [0.1, 0.15) is 90.4 Å². The van der Waals surface area contributed by atoms with E-state index < -0.39 is 12.1 Å². The Bertz CT molecular complexity index is 497. The van der Waals surface area contributed by atoms with Crippen LogP contribution in [0.4, 0.5) is 0 Å². The Balaban J connectivity index is 2.33. The third-order valence-corrected chi connectivity index (χ3v) is 5.47. The van der Waals surface area contributed by atoms with E-state index in [9.17, 15) is 19.5 Å². The zero-order valence-electron chi connectivity index (χ0n) is 16.7. The number of carboxylic acids is 1. The topological polar surface area (TPSA) is 91.7 Å². The van der Waals surface area contributed by atoms with Gasteiger partial charge < -0.3 is 10.2 Å². The fourth-order valence-electron chi connectivity index (χ4n) is 3.83. The molecule has 1 saturated carbocycles. The number of hydrogen-bond acceptors (Lipinski definition) is 4. The molecule has 1 aliphatic carbocycles. The largest absolute Gasteiger partial charge is 0.481 e. The molecule has 1 rings (SSSR count). The van der Waals surface area contributed by atoms with Crippen molar-refractivity contribution in [3.8, 4) is 0 Å². The molecule has 1 fully saturated rings. The van der Waals surface area contributed by atoms with Gasteiger partial charge in [0.25, 0.3) is 0 Å². The molecule has 154 valence electrons. The third-order valence-electron chi connectivity index (χ3n) is 5.47. The highest BCUT2D eigenvalue weighted by Gasteiger charge is 2.40. The molecule has 0 heterocycles. The number of unbranched alkanes of at least 4 members (excludes halogenated alkanes) is 5. The summed E-state index contributed by atoms with van der Waals surface area (Å²) < 4.78 is 0. The second kappa shape index (κ2) is 13.6. The summed E-state index contributed by atoms with van der Waals surface area (Å²) in [6.07, 6.45) is 12.6. The van der Waals surface area contributed by atoms with Crippen molar-refractivity contribution in [2.45, 2.75) is 96.5 Å². The van der Waals surface area contributed by atoms with Crippen LogP contribution in [0.2, 0.25) is 0 Å². The van der Waals surface area contributed by atoms with E-state index in [0.29, 0.717) is 38.5 Å². The third kappa shape index (κ3) is 9.85. The first-order chi connectivity index (χ1) is 13.0. The van der Waals surface area contributed by atoms with Crippen LogP contribution in [-0.2, 0) is 14.4 Å². The average Bonchev–Trinajstić information content (AvgIpc) is 2.88. The Morgan fingerprint density at radius 1 is 1.04 bits per heavy atom. The minimum Gasteiger partial charge on any atom is -0.481 e. The average molecular weight is 381 g/mol. The molecule has 0 aliphatic heterocycles. The van der Waals surface area contributed by atoms with Crippen molar-refractivity contribution < 1.29 is 24.6 Å². The molecule has 0 aromatic rings. The van der Waals surface area contributed by atoms with Gasteiger partial charge in [0.05, 0.1) is 6.10 Å². The lowest BCUT2D eigenvalue weighted by atomic mass is 9.86. The van der Waals surface area contributed by atoms with E-state index in [1.165, 1.54) is 19.3 Å². The molecule has 0 unspecified atom stereocenters. The molecule has 5 nitrogen and oxygen atoms in total. The molecular weight excluding hydrogens is 344 g/mol. The standard InChI is InChI=1S/C22H36O5/c1-2-3-4-5-8-11-17(23)14-15-19-18(20(24)16-21(19)25)12-9-6-7-10-13-22(26)27/h6,9,18-19,21,25H,2-5,7-8,10-16H2,1H3,(H,26,27)/b9-6-/t18-,19-,21-/m1/s1. The number of carbonyl (C=O) groups excluding carboxylic acids is 2. The van der Waals surface area contributed by atoms with Gasteiger partial charge in [0.15, 0.2) is 0 Å². The van der Waals surface area contributed by atoms with E-state index in [2.05, 4.69) is 6.92 Å².